The van der Waals surface area contributed by atoms with Gasteiger partial charge in [0.05, 0.1) is 31.6 Å². The molecule has 1 aliphatic heterocycles. The van der Waals surface area contributed by atoms with E-state index >= 15 is 0 Å². The SMILES string of the molecule is CCCn1cc(C(=O)C2COCCO2)cn1. The van der Waals surface area contributed by atoms with Gasteiger partial charge < -0.3 is 9.47 Å². The number of carbonyl (C=O) groups is 1. The van der Waals surface area contributed by atoms with Crippen molar-refractivity contribution in [1.29, 1.82) is 0 Å². The van der Waals surface area contributed by atoms with Crippen LogP contribution in [0.25, 0.3) is 0 Å². The molecule has 0 saturated carbocycles. The van der Waals surface area contributed by atoms with Crippen molar-refractivity contribution in [3.8, 4) is 0 Å². The first-order valence-electron chi connectivity index (χ1n) is 5.57. The van der Waals surface area contributed by atoms with E-state index in [2.05, 4.69) is 12.0 Å². The van der Waals surface area contributed by atoms with Crippen LogP contribution in [0.2, 0.25) is 0 Å². The Kier molecular flexibility index (Phi) is 3.69. The van der Waals surface area contributed by atoms with E-state index in [4.69, 9.17) is 9.47 Å². The van der Waals surface area contributed by atoms with Crippen molar-refractivity contribution in [1.82, 2.24) is 9.78 Å². The van der Waals surface area contributed by atoms with E-state index in [0.717, 1.165) is 13.0 Å². The first-order valence-corrected chi connectivity index (χ1v) is 5.57. The molecule has 2 heterocycles. The number of ketones is 1. The smallest absolute Gasteiger partial charge is 0.197 e. The lowest BCUT2D eigenvalue weighted by Crippen LogP contribution is -2.35. The van der Waals surface area contributed by atoms with Crippen LogP contribution < -0.4 is 0 Å². The Morgan fingerprint density at radius 1 is 1.62 bits per heavy atom. The van der Waals surface area contributed by atoms with E-state index in [1.807, 2.05) is 0 Å². The molecule has 16 heavy (non-hydrogen) atoms. The molecule has 0 amide bonds. The molecule has 1 aliphatic rings. The third-order valence-corrected chi connectivity index (χ3v) is 2.48. The number of Topliss-reactive ketones (excluding diaryl/α,β-unsaturated/α-hetero) is 1. The van der Waals surface area contributed by atoms with Crippen molar-refractivity contribution in [2.24, 2.45) is 0 Å². The Labute approximate surface area is 94.3 Å². The number of ether oxygens (including phenoxy) is 2. The molecule has 1 saturated heterocycles. The molecule has 0 aliphatic carbocycles. The van der Waals surface area contributed by atoms with E-state index in [-0.39, 0.29) is 5.78 Å². The van der Waals surface area contributed by atoms with Crippen LogP contribution in [0.3, 0.4) is 0 Å². The molecule has 1 aromatic heterocycles. The highest BCUT2D eigenvalue weighted by Crippen LogP contribution is 2.09. The van der Waals surface area contributed by atoms with Gasteiger partial charge in [0.1, 0.15) is 6.10 Å². The first kappa shape index (κ1) is 11.3. The van der Waals surface area contributed by atoms with Crippen molar-refractivity contribution < 1.29 is 14.3 Å². The summed E-state index contributed by atoms with van der Waals surface area (Å²) in [5.74, 6) is -0.0398. The average molecular weight is 224 g/mol. The number of aromatic nitrogens is 2. The second kappa shape index (κ2) is 5.23. The van der Waals surface area contributed by atoms with Gasteiger partial charge in [0.15, 0.2) is 5.78 Å². The Bertz CT molecular complexity index is 356. The van der Waals surface area contributed by atoms with Crippen LogP contribution in [0.4, 0.5) is 0 Å². The molecule has 0 aromatic carbocycles. The number of carbonyl (C=O) groups excluding carboxylic acids is 1. The summed E-state index contributed by atoms with van der Waals surface area (Å²) in [4.78, 5) is 12.0. The van der Waals surface area contributed by atoms with Crippen molar-refractivity contribution >= 4 is 5.78 Å². The van der Waals surface area contributed by atoms with Gasteiger partial charge in [-0.2, -0.15) is 5.10 Å². The predicted molar refractivity (Wildman–Crippen MR) is 57.4 cm³/mol. The van der Waals surface area contributed by atoms with Crippen molar-refractivity contribution in [3.63, 3.8) is 0 Å². The van der Waals surface area contributed by atoms with Crippen LogP contribution in [-0.2, 0) is 16.0 Å². The van der Waals surface area contributed by atoms with Crippen molar-refractivity contribution in [2.45, 2.75) is 26.0 Å². The van der Waals surface area contributed by atoms with Gasteiger partial charge in [-0.3, -0.25) is 9.48 Å². The van der Waals surface area contributed by atoms with Gasteiger partial charge in [0.2, 0.25) is 0 Å². The summed E-state index contributed by atoms with van der Waals surface area (Å²) in [6.07, 6.45) is 3.89. The summed E-state index contributed by atoms with van der Waals surface area (Å²) in [6.45, 7) is 4.30. The Balaban J connectivity index is 2.01. The van der Waals surface area contributed by atoms with Gasteiger partial charge >= 0.3 is 0 Å². The van der Waals surface area contributed by atoms with Gasteiger partial charge in [0, 0.05) is 12.7 Å². The van der Waals surface area contributed by atoms with Crippen LogP contribution in [0.5, 0.6) is 0 Å². The van der Waals surface area contributed by atoms with Gasteiger partial charge in [-0.1, -0.05) is 6.92 Å². The van der Waals surface area contributed by atoms with E-state index < -0.39 is 6.10 Å². The molecule has 5 heteroatoms. The molecule has 88 valence electrons. The molecule has 5 nitrogen and oxygen atoms in total. The second-order valence-electron chi connectivity index (χ2n) is 3.79. The number of hydrogen-bond acceptors (Lipinski definition) is 4. The number of rotatable bonds is 4. The summed E-state index contributed by atoms with van der Waals surface area (Å²) in [7, 11) is 0. The lowest BCUT2D eigenvalue weighted by atomic mass is 10.1. The average Bonchev–Trinajstić information content (AvgIpc) is 2.78. The second-order valence-corrected chi connectivity index (χ2v) is 3.79. The molecule has 1 atom stereocenters. The first-order chi connectivity index (χ1) is 7.81. The number of aryl methyl sites for hydroxylation is 1. The van der Waals surface area contributed by atoms with Gasteiger partial charge in [-0.25, -0.2) is 0 Å². The molecule has 1 aromatic rings. The molecule has 1 fully saturated rings. The topological polar surface area (TPSA) is 53.4 Å². The summed E-state index contributed by atoms with van der Waals surface area (Å²) in [5, 5.41) is 4.12. The zero-order valence-electron chi connectivity index (χ0n) is 9.39. The van der Waals surface area contributed by atoms with Crippen LogP contribution >= 0.6 is 0 Å². The Morgan fingerprint density at radius 2 is 2.50 bits per heavy atom. The standard InChI is InChI=1S/C11H16N2O3/c1-2-3-13-7-9(6-12-13)11(14)10-8-15-4-5-16-10/h6-7,10H,2-5,8H2,1H3. The van der Waals surface area contributed by atoms with Crippen LogP contribution in [0.15, 0.2) is 12.4 Å². The fourth-order valence-electron chi connectivity index (χ4n) is 1.67. The number of nitrogens with zero attached hydrogens (tertiary/aromatic N) is 2. The van der Waals surface area contributed by atoms with Gasteiger partial charge in [0.25, 0.3) is 0 Å². The molecule has 0 bridgehead atoms. The summed E-state index contributed by atoms with van der Waals surface area (Å²) in [5.41, 5.74) is 0.601. The highest BCUT2D eigenvalue weighted by atomic mass is 16.6. The lowest BCUT2D eigenvalue weighted by molar-refractivity contribution is -0.0719. The highest BCUT2D eigenvalue weighted by molar-refractivity contribution is 5.99. The fraction of sp³-hybridized carbons (Fsp3) is 0.636. The minimum Gasteiger partial charge on any atom is -0.376 e. The third kappa shape index (κ3) is 2.48. The minimum atomic E-state index is -0.465. The third-order valence-electron chi connectivity index (χ3n) is 2.48. The highest BCUT2D eigenvalue weighted by Gasteiger charge is 2.24. The quantitative estimate of drug-likeness (QED) is 0.713. The van der Waals surface area contributed by atoms with Gasteiger partial charge in [-0.05, 0) is 6.42 Å². The number of hydrogen-bond donors (Lipinski definition) is 0. The zero-order chi connectivity index (χ0) is 11.4. The largest absolute Gasteiger partial charge is 0.376 e. The molecule has 0 radical (unpaired) electrons. The van der Waals surface area contributed by atoms with E-state index in [1.54, 1.807) is 17.1 Å². The Hall–Kier alpha value is -1.20. The minimum absolute atomic E-state index is 0.0398. The normalized spacial score (nSPS) is 20.9. The maximum atomic E-state index is 12.0. The molecule has 2 rings (SSSR count). The van der Waals surface area contributed by atoms with Crippen LogP contribution in [-0.4, -0.2) is 41.5 Å². The molecule has 1 unspecified atom stereocenters. The van der Waals surface area contributed by atoms with Crippen LogP contribution in [0.1, 0.15) is 23.7 Å². The molecular formula is C11H16N2O3. The maximum absolute atomic E-state index is 12.0. The fourth-order valence-corrected chi connectivity index (χ4v) is 1.67. The van der Waals surface area contributed by atoms with E-state index in [9.17, 15) is 4.79 Å². The van der Waals surface area contributed by atoms with E-state index in [1.165, 1.54) is 0 Å². The zero-order valence-corrected chi connectivity index (χ0v) is 9.39. The Morgan fingerprint density at radius 3 is 3.19 bits per heavy atom. The molecular weight excluding hydrogens is 208 g/mol. The lowest BCUT2D eigenvalue weighted by Gasteiger charge is -2.21. The van der Waals surface area contributed by atoms with Crippen molar-refractivity contribution in [2.75, 3.05) is 19.8 Å². The van der Waals surface area contributed by atoms with Crippen molar-refractivity contribution in [3.05, 3.63) is 18.0 Å². The molecule has 0 N–H and O–H groups in total. The molecule has 0 spiro atoms. The monoisotopic (exact) mass is 224 g/mol. The van der Waals surface area contributed by atoms with E-state index in [0.29, 0.717) is 25.4 Å². The summed E-state index contributed by atoms with van der Waals surface area (Å²) >= 11 is 0. The predicted octanol–water partition coefficient (Wildman–Crippen LogP) is 0.891. The maximum Gasteiger partial charge on any atom is 0.197 e. The van der Waals surface area contributed by atoms with Gasteiger partial charge in [-0.15, -0.1) is 0 Å². The van der Waals surface area contributed by atoms with Crippen LogP contribution in [0, 0.1) is 0 Å². The summed E-state index contributed by atoms with van der Waals surface area (Å²) in [6, 6.07) is 0. The summed E-state index contributed by atoms with van der Waals surface area (Å²) < 4.78 is 12.3.